The largest absolute Gasteiger partial charge is 0.497 e. The Bertz CT molecular complexity index is 1280. The van der Waals surface area contributed by atoms with E-state index in [9.17, 15) is 4.79 Å². The number of ether oxygens (including phenoxy) is 2. The molecule has 1 aliphatic heterocycles. The Morgan fingerprint density at radius 1 is 0.886 bits per heavy atom. The molecule has 0 spiro atoms. The summed E-state index contributed by atoms with van der Waals surface area (Å²) in [6.07, 6.45) is 1.21. The third-order valence-corrected chi connectivity index (χ3v) is 6.94. The van der Waals surface area contributed by atoms with Crippen molar-refractivity contribution in [2.24, 2.45) is 0 Å². The summed E-state index contributed by atoms with van der Waals surface area (Å²) in [5.41, 5.74) is 6.81. The summed E-state index contributed by atoms with van der Waals surface area (Å²) >= 11 is 0. The number of para-hydroxylation sites is 2. The van der Waals surface area contributed by atoms with Crippen molar-refractivity contribution in [1.82, 2.24) is 0 Å². The van der Waals surface area contributed by atoms with Crippen molar-refractivity contribution in [2.45, 2.75) is 24.8 Å². The van der Waals surface area contributed by atoms with E-state index in [0.717, 1.165) is 46.1 Å². The number of hydrogen-bond acceptors (Lipinski definition) is 6. The first-order valence-electron chi connectivity index (χ1n) is 11.9. The highest BCUT2D eigenvalue weighted by Gasteiger charge is 2.37. The van der Waals surface area contributed by atoms with Gasteiger partial charge in [-0.15, -0.1) is 0 Å². The molecule has 2 N–H and O–H groups in total. The summed E-state index contributed by atoms with van der Waals surface area (Å²) in [5.74, 6) is 1.68. The fourth-order valence-corrected chi connectivity index (χ4v) is 5.07. The molecule has 2 atom stereocenters. The molecule has 5 rings (SSSR count). The van der Waals surface area contributed by atoms with Crippen LogP contribution in [0.1, 0.15) is 35.9 Å². The smallest absolute Gasteiger partial charge is 0.163 e. The monoisotopic (exact) mass is 469 g/mol. The number of ketones is 1. The molecule has 0 aromatic heterocycles. The van der Waals surface area contributed by atoms with Crippen LogP contribution < -0.4 is 25.0 Å². The van der Waals surface area contributed by atoms with E-state index in [0.29, 0.717) is 12.2 Å². The maximum absolute atomic E-state index is 13.8. The van der Waals surface area contributed by atoms with Gasteiger partial charge >= 0.3 is 0 Å². The number of rotatable bonds is 5. The van der Waals surface area contributed by atoms with Gasteiger partial charge in [0.15, 0.2) is 5.78 Å². The Kier molecular flexibility index (Phi) is 6.12. The molecule has 3 aromatic carbocycles. The first kappa shape index (κ1) is 22.8. The van der Waals surface area contributed by atoms with Crippen LogP contribution in [0.25, 0.3) is 0 Å². The number of benzene rings is 3. The highest BCUT2D eigenvalue weighted by molar-refractivity contribution is 6.01. The van der Waals surface area contributed by atoms with E-state index in [-0.39, 0.29) is 17.7 Å². The molecule has 2 unspecified atom stereocenters. The third-order valence-electron chi connectivity index (χ3n) is 6.94. The second-order valence-corrected chi connectivity index (χ2v) is 9.26. The molecule has 3 aromatic rings. The number of fused-ring (bicyclic) bond motifs is 1. The molecule has 180 valence electrons. The Balaban J connectivity index is 1.60. The lowest BCUT2D eigenvalue weighted by Crippen LogP contribution is -2.27. The molecule has 6 nitrogen and oxygen atoms in total. The Morgan fingerprint density at radius 2 is 1.63 bits per heavy atom. The van der Waals surface area contributed by atoms with E-state index in [1.807, 2.05) is 56.6 Å². The fraction of sp³-hybridized carbons (Fsp3) is 0.276. The van der Waals surface area contributed by atoms with E-state index < -0.39 is 0 Å². The predicted octanol–water partition coefficient (Wildman–Crippen LogP) is 5.75. The number of nitrogens with one attached hydrogen (secondary N) is 2. The summed E-state index contributed by atoms with van der Waals surface area (Å²) < 4.78 is 11.2. The Hall–Kier alpha value is -3.93. The third kappa shape index (κ3) is 4.32. The van der Waals surface area contributed by atoms with Gasteiger partial charge < -0.3 is 25.0 Å². The lowest BCUT2D eigenvalue weighted by molar-refractivity contribution is -0.116. The van der Waals surface area contributed by atoms with E-state index >= 15 is 0 Å². The topological polar surface area (TPSA) is 62.8 Å². The molecule has 1 heterocycles. The minimum atomic E-state index is -0.365. The van der Waals surface area contributed by atoms with Gasteiger partial charge in [-0.1, -0.05) is 24.3 Å². The summed E-state index contributed by atoms with van der Waals surface area (Å²) in [6.45, 7) is 0. The van der Waals surface area contributed by atoms with Gasteiger partial charge in [-0.05, 0) is 60.4 Å². The standard InChI is InChI=1S/C29H31N3O3/c1-32(2)20-11-9-18(10-12-20)19-15-25-28(26(33)16-19)29(31-24-8-6-5-7-23(24)30-25)22-17-21(34-3)13-14-27(22)35-4/h5-14,17,19,29-31H,15-16H2,1-4H3. The van der Waals surface area contributed by atoms with Crippen molar-refractivity contribution in [3.63, 3.8) is 0 Å². The SMILES string of the molecule is COc1ccc(OC)c(C2Nc3ccccc3NC3=C2C(=O)CC(c2ccc(N(C)C)cc2)C3)c1. The summed E-state index contributed by atoms with van der Waals surface area (Å²) in [4.78, 5) is 15.9. The summed E-state index contributed by atoms with van der Waals surface area (Å²) in [7, 11) is 7.36. The molecular formula is C29H31N3O3. The molecule has 0 saturated heterocycles. The van der Waals surface area contributed by atoms with Gasteiger partial charge in [0.05, 0.1) is 31.6 Å². The van der Waals surface area contributed by atoms with E-state index in [4.69, 9.17) is 9.47 Å². The Labute approximate surface area is 206 Å². The first-order chi connectivity index (χ1) is 17.0. The Morgan fingerprint density at radius 3 is 2.31 bits per heavy atom. The quantitative estimate of drug-likeness (QED) is 0.496. The van der Waals surface area contributed by atoms with Gasteiger partial charge in [-0.3, -0.25) is 4.79 Å². The number of carbonyl (C=O) groups is 1. The molecule has 1 aliphatic carbocycles. The van der Waals surface area contributed by atoms with E-state index in [1.165, 1.54) is 5.56 Å². The molecule has 0 bridgehead atoms. The van der Waals surface area contributed by atoms with Crippen LogP contribution in [0, 0.1) is 0 Å². The van der Waals surface area contributed by atoms with Crippen molar-refractivity contribution < 1.29 is 14.3 Å². The second kappa shape index (κ2) is 9.37. The maximum Gasteiger partial charge on any atom is 0.163 e. The van der Waals surface area contributed by atoms with Crippen molar-refractivity contribution in [3.8, 4) is 11.5 Å². The first-order valence-corrected chi connectivity index (χ1v) is 11.9. The number of methoxy groups -OCH3 is 2. The number of carbonyl (C=O) groups excluding carboxylic acids is 1. The summed E-state index contributed by atoms with van der Waals surface area (Å²) in [5, 5.41) is 7.23. The molecular weight excluding hydrogens is 438 g/mol. The number of allylic oxidation sites excluding steroid dienone is 1. The molecule has 0 fully saturated rings. The van der Waals surface area contributed by atoms with Crippen LogP contribution in [-0.4, -0.2) is 34.1 Å². The number of anilines is 3. The van der Waals surface area contributed by atoms with Gasteiger partial charge in [0.2, 0.25) is 0 Å². The molecule has 0 amide bonds. The zero-order valence-electron chi connectivity index (χ0n) is 20.6. The lowest BCUT2D eigenvalue weighted by Gasteiger charge is -2.30. The van der Waals surface area contributed by atoms with E-state index in [1.54, 1.807) is 14.2 Å². The normalized spacial score (nSPS) is 19.0. The van der Waals surface area contributed by atoms with Gasteiger partial charge in [0.25, 0.3) is 0 Å². The van der Waals surface area contributed by atoms with Crippen molar-refractivity contribution in [3.05, 3.63) is 89.1 Å². The van der Waals surface area contributed by atoms with E-state index in [2.05, 4.69) is 39.8 Å². The van der Waals surface area contributed by atoms with Gasteiger partial charge in [0, 0.05) is 43.0 Å². The summed E-state index contributed by atoms with van der Waals surface area (Å²) in [6, 6.07) is 21.9. The maximum atomic E-state index is 13.8. The minimum absolute atomic E-state index is 0.114. The van der Waals surface area contributed by atoms with Gasteiger partial charge in [0.1, 0.15) is 11.5 Å². The molecule has 6 heteroatoms. The zero-order valence-corrected chi connectivity index (χ0v) is 20.6. The minimum Gasteiger partial charge on any atom is -0.497 e. The van der Waals surface area contributed by atoms with Crippen LogP contribution in [-0.2, 0) is 4.79 Å². The number of Topliss-reactive ketones (excluding diaryl/α,β-unsaturated/α-hetero) is 1. The number of hydrogen-bond donors (Lipinski definition) is 2. The van der Waals surface area contributed by atoms with Crippen LogP contribution in [0.4, 0.5) is 17.1 Å². The predicted molar refractivity (Wildman–Crippen MR) is 141 cm³/mol. The second-order valence-electron chi connectivity index (χ2n) is 9.26. The van der Waals surface area contributed by atoms with Crippen molar-refractivity contribution in [1.29, 1.82) is 0 Å². The van der Waals surface area contributed by atoms with Gasteiger partial charge in [-0.25, -0.2) is 0 Å². The average molecular weight is 470 g/mol. The zero-order chi connectivity index (χ0) is 24.5. The lowest BCUT2D eigenvalue weighted by atomic mass is 9.78. The van der Waals surface area contributed by atoms with Crippen LogP contribution in [0.3, 0.4) is 0 Å². The highest BCUT2D eigenvalue weighted by Crippen LogP contribution is 2.46. The van der Waals surface area contributed by atoms with Crippen molar-refractivity contribution >= 4 is 22.8 Å². The molecule has 0 saturated carbocycles. The number of nitrogens with zero attached hydrogens (tertiary/aromatic N) is 1. The van der Waals surface area contributed by atoms with Crippen LogP contribution >= 0.6 is 0 Å². The molecule has 2 aliphatic rings. The molecule has 35 heavy (non-hydrogen) atoms. The fourth-order valence-electron chi connectivity index (χ4n) is 5.07. The van der Waals surface area contributed by atoms with Crippen LogP contribution in [0.5, 0.6) is 11.5 Å². The highest BCUT2D eigenvalue weighted by atomic mass is 16.5. The van der Waals surface area contributed by atoms with Crippen LogP contribution in [0.2, 0.25) is 0 Å². The molecule has 0 radical (unpaired) electrons. The van der Waals surface area contributed by atoms with Crippen LogP contribution in [0.15, 0.2) is 78.0 Å². The average Bonchev–Trinajstić information content (AvgIpc) is 3.05. The van der Waals surface area contributed by atoms with Gasteiger partial charge in [-0.2, -0.15) is 0 Å². The van der Waals surface area contributed by atoms with Crippen molar-refractivity contribution in [2.75, 3.05) is 43.8 Å².